The molecule has 0 spiro atoms. The van der Waals surface area contributed by atoms with E-state index in [0.717, 1.165) is 31.2 Å². The number of amides is 2. The number of hydrogen-bond acceptors (Lipinski definition) is 5. The lowest BCUT2D eigenvalue weighted by molar-refractivity contribution is 0.0943. The molecule has 0 aliphatic heterocycles. The highest BCUT2D eigenvalue weighted by Crippen LogP contribution is 2.28. The molecular weight excluding hydrogens is 430 g/mol. The van der Waals surface area contributed by atoms with Crippen molar-refractivity contribution in [3.63, 3.8) is 0 Å². The van der Waals surface area contributed by atoms with E-state index in [9.17, 15) is 14.4 Å². The van der Waals surface area contributed by atoms with Crippen LogP contribution in [0, 0.1) is 12.8 Å². The topological polar surface area (TPSA) is 130 Å². The molecule has 0 unspecified atom stereocenters. The summed E-state index contributed by atoms with van der Waals surface area (Å²) in [6.07, 6.45) is 4.31. The van der Waals surface area contributed by atoms with Crippen LogP contribution < -0.4 is 16.4 Å². The average Bonchev–Trinajstić information content (AvgIpc) is 3.77. The highest BCUT2D eigenvalue weighted by Gasteiger charge is 2.25. The number of aromatic amines is 1. The first-order chi connectivity index (χ1) is 16.4. The third-order valence-electron chi connectivity index (χ3n) is 6.26. The Kier molecular flexibility index (Phi) is 5.65. The highest BCUT2D eigenvalue weighted by molar-refractivity contribution is 6.11. The van der Waals surface area contributed by atoms with Gasteiger partial charge in [0.1, 0.15) is 11.5 Å². The van der Waals surface area contributed by atoms with E-state index >= 15 is 0 Å². The molecule has 0 bridgehead atoms. The number of nitrogens with two attached hydrogens (primary N) is 1. The minimum Gasteiger partial charge on any atom is -0.382 e. The van der Waals surface area contributed by atoms with Gasteiger partial charge in [0, 0.05) is 34.8 Å². The normalized spacial score (nSPS) is 15.1. The molecular formula is C26H27N5O3. The molecule has 2 amide bonds. The number of benzene rings is 2. The molecule has 0 saturated heterocycles. The van der Waals surface area contributed by atoms with Gasteiger partial charge in [0.2, 0.25) is 5.78 Å². The van der Waals surface area contributed by atoms with Gasteiger partial charge in [0.25, 0.3) is 11.8 Å². The van der Waals surface area contributed by atoms with Gasteiger partial charge in [-0.1, -0.05) is 18.2 Å². The summed E-state index contributed by atoms with van der Waals surface area (Å²) in [6, 6.07) is 12.2. The summed E-state index contributed by atoms with van der Waals surface area (Å²) in [4.78, 5) is 45.5. The number of carbonyl (C=O) groups excluding carboxylic acids is 3. The SMILES string of the molecule is Cc1ccc(C(=O)NC2CC2)cc1-c1nc(N)c(C(=O)c2cccc(C(=O)NCC3CC3)c2)[nH]1. The van der Waals surface area contributed by atoms with Gasteiger partial charge in [0.05, 0.1) is 0 Å². The summed E-state index contributed by atoms with van der Waals surface area (Å²) in [5.41, 5.74) is 9.14. The predicted molar refractivity (Wildman–Crippen MR) is 129 cm³/mol. The van der Waals surface area contributed by atoms with Crippen LogP contribution in [0.25, 0.3) is 11.4 Å². The van der Waals surface area contributed by atoms with Crippen LogP contribution in [-0.4, -0.2) is 40.2 Å². The molecule has 5 N–H and O–H groups in total. The molecule has 34 heavy (non-hydrogen) atoms. The summed E-state index contributed by atoms with van der Waals surface area (Å²) < 4.78 is 0. The Labute approximate surface area is 197 Å². The number of rotatable bonds is 8. The van der Waals surface area contributed by atoms with Gasteiger partial charge in [0.15, 0.2) is 5.82 Å². The van der Waals surface area contributed by atoms with Crippen molar-refractivity contribution < 1.29 is 14.4 Å². The number of anilines is 1. The fraction of sp³-hybridized carbons (Fsp3) is 0.308. The van der Waals surface area contributed by atoms with E-state index in [2.05, 4.69) is 20.6 Å². The van der Waals surface area contributed by atoms with Crippen LogP contribution in [0.1, 0.15) is 68.0 Å². The Morgan fingerprint density at radius 2 is 1.74 bits per heavy atom. The first-order valence-corrected chi connectivity index (χ1v) is 11.6. The second kappa shape index (κ2) is 8.78. The Hall–Kier alpha value is -3.94. The van der Waals surface area contributed by atoms with Crippen molar-refractivity contribution >= 4 is 23.4 Å². The number of H-pyrrole nitrogens is 1. The van der Waals surface area contributed by atoms with Crippen LogP contribution in [0.15, 0.2) is 42.5 Å². The first kappa shape index (κ1) is 21.9. The largest absolute Gasteiger partial charge is 0.382 e. The lowest BCUT2D eigenvalue weighted by Gasteiger charge is -2.08. The summed E-state index contributed by atoms with van der Waals surface area (Å²) in [5.74, 6) is 0.369. The maximum Gasteiger partial charge on any atom is 0.251 e. The van der Waals surface area contributed by atoms with E-state index in [4.69, 9.17) is 5.73 Å². The van der Waals surface area contributed by atoms with Gasteiger partial charge in [-0.05, 0) is 68.4 Å². The predicted octanol–water partition coefficient (Wildman–Crippen LogP) is 3.23. The van der Waals surface area contributed by atoms with Crippen LogP contribution in [0.2, 0.25) is 0 Å². The average molecular weight is 458 g/mol. The molecule has 2 aromatic carbocycles. The van der Waals surface area contributed by atoms with Crippen LogP contribution in [0.3, 0.4) is 0 Å². The van der Waals surface area contributed by atoms with Gasteiger partial charge in [-0.15, -0.1) is 0 Å². The number of hydrogen-bond donors (Lipinski definition) is 4. The third kappa shape index (κ3) is 4.71. The highest BCUT2D eigenvalue weighted by atomic mass is 16.2. The second-order valence-electron chi connectivity index (χ2n) is 9.19. The fourth-order valence-corrected chi connectivity index (χ4v) is 3.81. The zero-order chi connectivity index (χ0) is 23.8. The molecule has 8 nitrogen and oxygen atoms in total. The fourth-order valence-electron chi connectivity index (χ4n) is 3.81. The molecule has 1 aromatic heterocycles. The minimum atomic E-state index is -0.353. The van der Waals surface area contributed by atoms with Crippen molar-refractivity contribution in [3.8, 4) is 11.4 Å². The smallest absolute Gasteiger partial charge is 0.251 e. The van der Waals surface area contributed by atoms with Gasteiger partial charge >= 0.3 is 0 Å². The summed E-state index contributed by atoms with van der Waals surface area (Å²) >= 11 is 0. The quantitative estimate of drug-likeness (QED) is 0.386. The molecule has 0 radical (unpaired) electrons. The number of aromatic nitrogens is 2. The first-order valence-electron chi connectivity index (χ1n) is 11.6. The van der Waals surface area contributed by atoms with Crippen LogP contribution in [-0.2, 0) is 0 Å². The van der Waals surface area contributed by atoms with Crippen LogP contribution >= 0.6 is 0 Å². The Morgan fingerprint density at radius 1 is 1.00 bits per heavy atom. The van der Waals surface area contributed by atoms with E-state index in [0.29, 0.717) is 40.5 Å². The minimum absolute atomic E-state index is 0.0656. The number of aryl methyl sites for hydroxylation is 1. The monoisotopic (exact) mass is 457 g/mol. The number of nitrogens with one attached hydrogen (secondary N) is 3. The molecule has 8 heteroatoms. The van der Waals surface area contributed by atoms with Crippen LogP contribution in [0.5, 0.6) is 0 Å². The van der Waals surface area contributed by atoms with E-state index in [1.165, 1.54) is 0 Å². The standard InChI is InChI=1S/C26H27N5O3/c1-14-5-8-18(26(34)29-19-9-10-19)12-20(14)24-30-21(23(27)31-24)22(32)16-3-2-4-17(11-16)25(33)28-13-15-6-7-15/h2-5,8,11-12,15,19H,6-7,9-10,13,27H2,1H3,(H,28,33)(H,29,34)(H,30,31). The molecule has 2 aliphatic rings. The summed E-state index contributed by atoms with van der Waals surface area (Å²) in [7, 11) is 0. The van der Waals surface area contributed by atoms with Gasteiger partial charge in [-0.2, -0.15) is 0 Å². The van der Waals surface area contributed by atoms with E-state index < -0.39 is 0 Å². The molecule has 1 heterocycles. The zero-order valence-electron chi connectivity index (χ0n) is 19.0. The molecule has 174 valence electrons. The van der Waals surface area contributed by atoms with Gasteiger partial charge in [-0.3, -0.25) is 14.4 Å². The van der Waals surface area contributed by atoms with Gasteiger partial charge in [-0.25, -0.2) is 4.98 Å². The van der Waals surface area contributed by atoms with Crippen molar-refractivity contribution in [3.05, 3.63) is 70.4 Å². The van der Waals surface area contributed by atoms with Crippen molar-refractivity contribution in [1.82, 2.24) is 20.6 Å². The van der Waals surface area contributed by atoms with E-state index in [-0.39, 0.29) is 35.2 Å². The maximum atomic E-state index is 13.2. The number of carbonyl (C=O) groups is 3. The third-order valence-corrected chi connectivity index (χ3v) is 6.26. The Morgan fingerprint density at radius 3 is 2.47 bits per heavy atom. The van der Waals surface area contributed by atoms with E-state index in [1.54, 1.807) is 36.4 Å². The zero-order valence-corrected chi connectivity index (χ0v) is 19.0. The Bertz CT molecular complexity index is 1290. The van der Waals surface area contributed by atoms with Crippen molar-refractivity contribution in [2.75, 3.05) is 12.3 Å². The van der Waals surface area contributed by atoms with Crippen molar-refractivity contribution in [2.45, 2.75) is 38.6 Å². The number of nitrogens with zero attached hydrogens (tertiary/aromatic N) is 1. The lowest BCUT2D eigenvalue weighted by atomic mass is 10.0. The molecule has 2 fully saturated rings. The Balaban J connectivity index is 1.38. The van der Waals surface area contributed by atoms with Gasteiger partial charge < -0.3 is 21.4 Å². The summed E-state index contributed by atoms with van der Waals surface area (Å²) in [5, 5.41) is 5.89. The number of nitrogen functional groups attached to an aromatic ring is 1. The number of ketones is 1. The molecule has 5 rings (SSSR count). The maximum absolute atomic E-state index is 13.2. The van der Waals surface area contributed by atoms with Crippen LogP contribution in [0.4, 0.5) is 5.82 Å². The summed E-state index contributed by atoms with van der Waals surface area (Å²) in [6.45, 7) is 2.56. The van der Waals surface area contributed by atoms with E-state index in [1.807, 2.05) is 13.0 Å². The number of imidazole rings is 1. The molecule has 0 atom stereocenters. The molecule has 2 aliphatic carbocycles. The molecule has 3 aromatic rings. The van der Waals surface area contributed by atoms with Crippen molar-refractivity contribution in [2.24, 2.45) is 5.92 Å². The lowest BCUT2D eigenvalue weighted by Crippen LogP contribution is -2.25. The van der Waals surface area contributed by atoms with Crippen molar-refractivity contribution in [1.29, 1.82) is 0 Å². The second-order valence-corrected chi connectivity index (χ2v) is 9.19. The molecule has 2 saturated carbocycles.